The predicted octanol–water partition coefficient (Wildman–Crippen LogP) is 1.08. The van der Waals surface area contributed by atoms with Crippen LogP contribution >= 0.6 is 0 Å². The lowest BCUT2D eigenvalue weighted by Crippen LogP contribution is -2.56. The Balaban J connectivity index is 2.29. The summed E-state index contributed by atoms with van der Waals surface area (Å²) in [5.74, 6) is -1.83. The highest BCUT2D eigenvalue weighted by Gasteiger charge is 2.32. The Kier molecular flexibility index (Phi) is 4.15. The molecule has 0 saturated carbocycles. The van der Waals surface area contributed by atoms with Crippen molar-refractivity contribution in [2.45, 2.75) is 19.4 Å². The second kappa shape index (κ2) is 5.86. The van der Waals surface area contributed by atoms with E-state index in [1.807, 2.05) is 0 Å². The van der Waals surface area contributed by atoms with Gasteiger partial charge in [0.15, 0.2) is 0 Å². The summed E-state index contributed by atoms with van der Waals surface area (Å²) in [7, 11) is 0. The van der Waals surface area contributed by atoms with Crippen LogP contribution < -0.4 is 5.32 Å². The number of piperazine rings is 1. The second-order valence-corrected chi connectivity index (χ2v) is 4.64. The average Bonchev–Trinajstić information content (AvgIpc) is 2.45. The van der Waals surface area contributed by atoms with E-state index in [1.54, 1.807) is 6.92 Å². The van der Waals surface area contributed by atoms with Crippen molar-refractivity contribution in [2.24, 2.45) is 0 Å². The lowest BCUT2D eigenvalue weighted by atomic mass is 10.1. The van der Waals surface area contributed by atoms with Gasteiger partial charge in [0.25, 0.3) is 5.91 Å². The van der Waals surface area contributed by atoms with Crippen LogP contribution in [0.15, 0.2) is 18.2 Å². The summed E-state index contributed by atoms with van der Waals surface area (Å²) in [6.45, 7) is 2.42. The van der Waals surface area contributed by atoms with E-state index in [0.29, 0.717) is 19.5 Å². The van der Waals surface area contributed by atoms with Gasteiger partial charge in [-0.05, 0) is 18.6 Å². The summed E-state index contributed by atoms with van der Waals surface area (Å²) in [6.07, 6.45) is 0.438. The molecule has 1 aromatic carbocycles. The summed E-state index contributed by atoms with van der Waals surface area (Å²) in [4.78, 5) is 35.1. The largest absolute Gasteiger partial charge is 0.353 e. The van der Waals surface area contributed by atoms with Crippen LogP contribution in [-0.2, 0) is 4.79 Å². The normalized spacial score (nSPS) is 18.3. The molecular formula is C13H14FN3O4. The minimum absolute atomic E-state index is 0.00810. The zero-order chi connectivity index (χ0) is 15.6. The van der Waals surface area contributed by atoms with E-state index in [9.17, 15) is 24.1 Å². The highest BCUT2D eigenvalue weighted by atomic mass is 19.1. The topological polar surface area (TPSA) is 92.6 Å². The molecule has 1 aromatic rings. The Morgan fingerprint density at radius 3 is 2.86 bits per heavy atom. The van der Waals surface area contributed by atoms with Crippen LogP contribution in [0.25, 0.3) is 0 Å². The molecule has 0 aliphatic carbocycles. The summed E-state index contributed by atoms with van der Waals surface area (Å²) in [5.41, 5.74) is -0.693. The van der Waals surface area contributed by atoms with Crippen LogP contribution in [0.2, 0.25) is 0 Å². The molecule has 0 spiro atoms. The fraction of sp³-hybridized carbons (Fsp3) is 0.385. The molecule has 1 aliphatic rings. The van der Waals surface area contributed by atoms with Crippen LogP contribution in [0.4, 0.5) is 10.1 Å². The number of benzene rings is 1. The van der Waals surface area contributed by atoms with Gasteiger partial charge in [0.1, 0.15) is 6.04 Å². The smallest absolute Gasteiger partial charge is 0.304 e. The molecule has 2 rings (SSSR count). The first-order valence-corrected chi connectivity index (χ1v) is 6.48. The van der Waals surface area contributed by atoms with Crippen molar-refractivity contribution >= 4 is 17.5 Å². The van der Waals surface area contributed by atoms with Crippen LogP contribution in [0.1, 0.15) is 23.7 Å². The van der Waals surface area contributed by atoms with E-state index in [-0.39, 0.29) is 11.5 Å². The molecule has 112 valence electrons. The van der Waals surface area contributed by atoms with Crippen LogP contribution in [0, 0.1) is 15.9 Å². The van der Waals surface area contributed by atoms with Crippen molar-refractivity contribution in [3.8, 4) is 0 Å². The Hall–Kier alpha value is -2.51. The first kappa shape index (κ1) is 14.9. The minimum atomic E-state index is -1.07. The molecule has 0 bridgehead atoms. The number of nitrogens with one attached hydrogen (secondary N) is 1. The molecule has 0 radical (unpaired) electrons. The zero-order valence-electron chi connectivity index (χ0n) is 11.3. The SMILES string of the molecule is CCC1C(=O)NCCN1C(=O)c1ccc([N+](=O)[O-])c(F)c1. The highest BCUT2D eigenvalue weighted by molar-refractivity contribution is 5.98. The molecule has 1 N–H and O–H groups in total. The fourth-order valence-corrected chi connectivity index (χ4v) is 2.32. The van der Waals surface area contributed by atoms with Gasteiger partial charge in [0, 0.05) is 24.7 Å². The molecule has 1 saturated heterocycles. The number of nitro benzene ring substituents is 1. The summed E-state index contributed by atoms with van der Waals surface area (Å²) < 4.78 is 13.6. The molecule has 0 aromatic heterocycles. The second-order valence-electron chi connectivity index (χ2n) is 4.64. The van der Waals surface area contributed by atoms with Gasteiger partial charge in [0.2, 0.25) is 11.7 Å². The molecular weight excluding hydrogens is 281 g/mol. The van der Waals surface area contributed by atoms with Gasteiger partial charge < -0.3 is 10.2 Å². The minimum Gasteiger partial charge on any atom is -0.353 e. The average molecular weight is 295 g/mol. The fourth-order valence-electron chi connectivity index (χ4n) is 2.32. The van der Waals surface area contributed by atoms with Crippen molar-refractivity contribution in [1.82, 2.24) is 10.2 Å². The Labute approximate surface area is 119 Å². The van der Waals surface area contributed by atoms with Crippen molar-refractivity contribution in [2.75, 3.05) is 13.1 Å². The molecule has 1 heterocycles. The quantitative estimate of drug-likeness (QED) is 0.667. The van der Waals surface area contributed by atoms with Crippen LogP contribution in [-0.4, -0.2) is 40.8 Å². The van der Waals surface area contributed by atoms with Crippen molar-refractivity contribution in [1.29, 1.82) is 0 Å². The van der Waals surface area contributed by atoms with E-state index in [0.717, 1.165) is 12.1 Å². The van der Waals surface area contributed by atoms with Gasteiger partial charge in [-0.25, -0.2) is 0 Å². The maximum Gasteiger partial charge on any atom is 0.304 e. The molecule has 1 aliphatic heterocycles. The summed E-state index contributed by atoms with van der Waals surface area (Å²) >= 11 is 0. The molecule has 2 amide bonds. The number of carbonyl (C=O) groups is 2. The highest BCUT2D eigenvalue weighted by Crippen LogP contribution is 2.20. The lowest BCUT2D eigenvalue weighted by molar-refractivity contribution is -0.387. The number of carbonyl (C=O) groups excluding carboxylic acids is 2. The first-order chi connectivity index (χ1) is 9.95. The first-order valence-electron chi connectivity index (χ1n) is 6.48. The molecule has 8 heteroatoms. The van der Waals surface area contributed by atoms with Gasteiger partial charge in [0.05, 0.1) is 4.92 Å². The monoisotopic (exact) mass is 295 g/mol. The van der Waals surface area contributed by atoms with Crippen LogP contribution in [0.5, 0.6) is 0 Å². The van der Waals surface area contributed by atoms with E-state index in [4.69, 9.17) is 0 Å². The summed E-state index contributed by atoms with van der Waals surface area (Å²) in [5, 5.41) is 13.2. The van der Waals surface area contributed by atoms with Crippen molar-refractivity contribution < 1.29 is 18.9 Å². The Morgan fingerprint density at radius 1 is 1.57 bits per heavy atom. The van der Waals surface area contributed by atoms with E-state index in [1.165, 1.54) is 11.0 Å². The Bertz CT molecular complexity index is 605. The molecule has 1 fully saturated rings. The van der Waals surface area contributed by atoms with Crippen molar-refractivity contribution in [3.63, 3.8) is 0 Å². The number of rotatable bonds is 3. The number of halogens is 1. The number of hydrogen-bond donors (Lipinski definition) is 1. The van der Waals surface area contributed by atoms with Gasteiger partial charge in [-0.2, -0.15) is 4.39 Å². The van der Waals surface area contributed by atoms with E-state index < -0.39 is 28.4 Å². The van der Waals surface area contributed by atoms with Crippen LogP contribution in [0.3, 0.4) is 0 Å². The van der Waals surface area contributed by atoms with Gasteiger partial charge in [-0.1, -0.05) is 6.92 Å². The molecule has 21 heavy (non-hydrogen) atoms. The van der Waals surface area contributed by atoms with Gasteiger partial charge >= 0.3 is 5.69 Å². The number of nitrogens with zero attached hydrogens (tertiary/aromatic N) is 2. The molecule has 1 atom stereocenters. The third-order valence-electron chi connectivity index (χ3n) is 3.37. The van der Waals surface area contributed by atoms with Crippen molar-refractivity contribution in [3.05, 3.63) is 39.7 Å². The maximum absolute atomic E-state index is 13.6. The Morgan fingerprint density at radius 2 is 2.29 bits per heavy atom. The third-order valence-corrected chi connectivity index (χ3v) is 3.37. The maximum atomic E-state index is 13.6. The third kappa shape index (κ3) is 2.83. The predicted molar refractivity (Wildman–Crippen MR) is 71.2 cm³/mol. The zero-order valence-corrected chi connectivity index (χ0v) is 11.3. The van der Waals surface area contributed by atoms with Gasteiger partial charge in [-0.15, -0.1) is 0 Å². The lowest BCUT2D eigenvalue weighted by Gasteiger charge is -2.34. The number of hydrogen-bond acceptors (Lipinski definition) is 4. The number of amides is 2. The molecule has 1 unspecified atom stereocenters. The molecule has 7 nitrogen and oxygen atoms in total. The van der Waals surface area contributed by atoms with E-state index >= 15 is 0 Å². The summed E-state index contributed by atoms with van der Waals surface area (Å²) in [6, 6.07) is 2.38. The standard InChI is InChI=1S/C13H14FN3O4/c1-2-10-12(18)15-5-6-16(10)13(19)8-3-4-11(17(20)21)9(14)7-8/h3-4,7,10H,2,5-6H2,1H3,(H,15,18). The number of nitro groups is 1. The van der Waals surface area contributed by atoms with E-state index in [2.05, 4.69) is 5.32 Å². The van der Waals surface area contributed by atoms with Gasteiger partial charge in [-0.3, -0.25) is 19.7 Å².